The van der Waals surface area contributed by atoms with Crippen LogP contribution in [0.3, 0.4) is 0 Å². The van der Waals surface area contributed by atoms with Crippen molar-refractivity contribution in [2.24, 2.45) is 10.9 Å². The van der Waals surface area contributed by atoms with Crippen LogP contribution in [0.25, 0.3) is 0 Å². The topological polar surface area (TPSA) is 89.1 Å². The van der Waals surface area contributed by atoms with Crippen LogP contribution in [-0.4, -0.2) is 74.4 Å². The van der Waals surface area contributed by atoms with E-state index in [0.29, 0.717) is 25.6 Å². The predicted octanol–water partition coefficient (Wildman–Crippen LogP) is 1.11. The minimum atomic E-state index is -0.0423. The summed E-state index contributed by atoms with van der Waals surface area (Å²) in [5.41, 5.74) is 1.82. The number of likely N-dealkylation sites (N-methyl/N-ethyl adjacent to an activating group) is 1. The van der Waals surface area contributed by atoms with Crippen LogP contribution in [0, 0.1) is 5.92 Å². The maximum absolute atomic E-state index is 12.1. The first kappa shape index (κ1) is 22.7. The number of aliphatic imine (C=N–C) groups is 1. The number of anilines is 1. The summed E-state index contributed by atoms with van der Waals surface area (Å²) in [6.07, 6.45) is 0.909. The largest absolute Gasteiger partial charge is 0.352 e. The molecule has 160 valence electrons. The summed E-state index contributed by atoms with van der Waals surface area (Å²) in [6.45, 7) is 6.27. The first-order chi connectivity index (χ1) is 13.8. The molecule has 1 saturated heterocycles. The van der Waals surface area contributed by atoms with E-state index < -0.39 is 0 Å². The number of hydrogen-bond donors (Lipinski definition) is 3. The van der Waals surface area contributed by atoms with Gasteiger partial charge in [0, 0.05) is 44.3 Å². The van der Waals surface area contributed by atoms with Crippen molar-refractivity contribution in [1.82, 2.24) is 20.4 Å². The van der Waals surface area contributed by atoms with Gasteiger partial charge in [0.2, 0.25) is 11.8 Å². The fraction of sp³-hybridized carbons (Fsp3) is 0.571. The summed E-state index contributed by atoms with van der Waals surface area (Å²) >= 11 is 0. The Bertz CT molecular complexity index is 732. The van der Waals surface area contributed by atoms with Crippen LogP contribution in [0.1, 0.15) is 25.8 Å². The van der Waals surface area contributed by atoms with Crippen molar-refractivity contribution in [3.8, 4) is 0 Å². The molecule has 1 aliphatic heterocycles. The van der Waals surface area contributed by atoms with Gasteiger partial charge in [-0.15, -0.1) is 0 Å². The number of benzene rings is 1. The number of rotatable bonds is 7. The van der Waals surface area contributed by atoms with Crippen LogP contribution < -0.4 is 16.0 Å². The summed E-state index contributed by atoms with van der Waals surface area (Å²) in [4.78, 5) is 32.1. The molecule has 1 fully saturated rings. The zero-order valence-electron chi connectivity index (χ0n) is 18.2. The molecule has 1 aliphatic rings. The Morgan fingerprint density at radius 1 is 1.31 bits per heavy atom. The third-order valence-corrected chi connectivity index (χ3v) is 4.69. The predicted molar refractivity (Wildman–Crippen MR) is 117 cm³/mol. The van der Waals surface area contributed by atoms with Crippen LogP contribution in [0.4, 0.5) is 5.69 Å². The summed E-state index contributed by atoms with van der Waals surface area (Å²) in [5.74, 6) is 0.886. The van der Waals surface area contributed by atoms with Gasteiger partial charge in [-0.1, -0.05) is 26.0 Å². The van der Waals surface area contributed by atoms with Gasteiger partial charge in [0.05, 0.1) is 6.54 Å². The lowest BCUT2D eigenvalue weighted by Gasteiger charge is -2.20. The van der Waals surface area contributed by atoms with Crippen molar-refractivity contribution in [2.45, 2.75) is 32.9 Å². The Hall–Kier alpha value is -2.61. The number of amides is 2. The molecule has 8 heteroatoms. The van der Waals surface area contributed by atoms with E-state index in [1.165, 1.54) is 0 Å². The highest BCUT2D eigenvalue weighted by Gasteiger charge is 2.27. The number of guanidine groups is 1. The van der Waals surface area contributed by atoms with E-state index in [1.54, 1.807) is 7.05 Å². The quantitative estimate of drug-likeness (QED) is 0.470. The van der Waals surface area contributed by atoms with Crippen LogP contribution >= 0.6 is 0 Å². The molecule has 29 heavy (non-hydrogen) atoms. The van der Waals surface area contributed by atoms with Crippen LogP contribution in [0.5, 0.6) is 0 Å². The second-order valence-corrected chi connectivity index (χ2v) is 7.98. The van der Waals surface area contributed by atoms with E-state index in [-0.39, 0.29) is 23.8 Å². The number of nitrogens with zero attached hydrogens (tertiary/aromatic N) is 3. The highest BCUT2D eigenvalue weighted by molar-refractivity contribution is 5.92. The molecule has 2 amide bonds. The SMILES string of the molecule is CN=C(NCc1cccc(NC(=O)CN(C)C)c1)NC1CCN(C(=O)C(C)C)C1. The van der Waals surface area contributed by atoms with Gasteiger partial charge in [0.1, 0.15) is 0 Å². The van der Waals surface area contributed by atoms with Crippen molar-refractivity contribution >= 4 is 23.5 Å². The second kappa shape index (κ2) is 10.8. The van der Waals surface area contributed by atoms with Gasteiger partial charge < -0.3 is 25.8 Å². The fourth-order valence-electron chi connectivity index (χ4n) is 3.26. The molecule has 1 unspecified atom stereocenters. The molecule has 1 aromatic carbocycles. The van der Waals surface area contributed by atoms with Crippen molar-refractivity contribution in [1.29, 1.82) is 0 Å². The summed E-state index contributed by atoms with van der Waals surface area (Å²) in [7, 11) is 5.46. The molecule has 0 radical (unpaired) electrons. The van der Waals surface area contributed by atoms with Crippen LogP contribution in [-0.2, 0) is 16.1 Å². The van der Waals surface area contributed by atoms with E-state index >= 15 is 0 Å². The molecular weight excluding hydrogens is 368 g/mol. The highest BCUT2D eigenvalue weighted by Crippen LogP contribution is 2.13. The molecule has 0 spiro atoms. The van der Waals surface area contributed by atoms with Gasteiger partial charge in [-0.3, -0.25) is 14.6 Å². The zero-order chi connectivity index (χ0) is 21.4. The number of nitrogens with one attached hydrogen (secondary N) is 3. The smallest absolute Gasteiger partial charge is 0.238 e. The Morgan fingerprint density at radius 2 is 2.07 bits per heavy atom. The fourth-order valence-corrected chi connectivity index (χ4v) is 3.26. The van der Waals surface area contributed by atoms with Crippen molar-refractivity contribution in [2.75, 3.05) is 46.1 Å². The summed E-state index contributed by atoms with van der Waals surface area (Å²) < 4.78 is 0. The van der Waals surface area contributed by atoms with E-state index in [2.05, 4.69) is 20.9 Å². The summed E-state index contributed by atoms with van der Waals surface area (Å²) in [5, 5.41) is 9.61. The number of likely N-dealkylation sites (tertiary alicyclic amines) is 1. The van der Waals surface area contributed by atoms with Gasteiger partial charge in [-0.05, 0) is 38.2 Å². The lowest BCUT2D eigenvalue weighted by molar-refractivity contribution is -0.133. The molecule has 0 bridgehead atoms. The number of hydrogen-bond acceptors (Lipinski definition) is 4. The number of carbonyl (C=O) groups is 2. The molecule has 1 aromatic rings. The molecule has 1 atom stereocenters. The average Bonchev–Trinajstić information content (AvgIpc) is 3.12. The molecule has 0 saturated carbocycles. The average molecular weight is 403 g/mol. The maximum atomic E-state index is 12.1. The van der Waals surface area contributed by atoms with Crippen molar-refractivity contribution in [3.63, 3.8) is 0 Å². The van der Waals surface area contributed by atoms with E-state index in [9.17, 15) is 9.59 Å². The van der Waals surface area contributed by atoms with E-state index in [1.807, 2.05) is 62.0 Å². The Balaban J connectivity index is 1.84. The minimum Gasteiger partial charge on any atom is -0.352 e. The molecule has 0 aromatic heterocycles. The standard InChI is InChI=1S/C21H34N6O2/c1-15(2)20(29)27-10-9-18(13-27)25-21(22-3)23-12-16-7-6-8-17(11-16)24-19(28)14-26(4)5/h6-8,11,15,18H,9-10,12-14H2,1-5H3,(H,24,28)(H2,22,23,25). The molecular formula is C21H34N6O2. The highest BCUT2D eigenvalue weighted by atomic mass is 16.2. The monoisotopic (exact) mass is 402 g/mol. The number of carbonyl (C=O) groups excluding carboxylic acids is 2. The first-order valence-corrected chi connectivity index (χ1v) is 10.1. The van der Waals surface area contributed by atoms with Gasteiger partial charge >= 0.3 is 0 Å². The summed E-state index contributed by atoms with van der Waals surface area (Å²) in [6, 6.07) is 7.95. The normalized spacial score (nSPS) is 17.0. The second-order valence-electron chi connectivity index (χ2n) is 7.98. The Kier molecular flexibility index (Phi) is 8.45. The first-order valence-electron chi connectivity index (χ1n) is 10.1. The van der Waals surface area contributed by atoms with Gasteiger partial charge in [0.15, 0.2) is 5.96 Å². The third kappa shape index (κ3) is 7.38. The molecule has 1 heterocycles. The van der Waals surface area contributed by atoms with Gasteiger partial charge in [-0.25, -0.2) is 0 Å². The Labute approximate surface area is 173 Å². The third-order valence-electron chi connectivity index (χ3n) is 4.69. The minimum absolute atomic E-state index is 0.0247. The molecule has 3 N–H and O–H groups in total. The lowest BCUT2D eigenvalue weighted by Crippen LogP contribution is -2.45. The molecule has 8 nitrogen and oxygen atoms in total. The zero-order valence-corrected chi connectivity index (χ0v) is 18.2. The molecule has 0 aliphatic carbocycles. The van der Waals surface area contributed by atoms with Gasteiger partial charge in [-0.2, -0.15) is 0 Å². The van der Waals surface area contributed by atoms with Crippen molar-refractivity contribution < 1.29 is 9.59 Å². The Morgan fingerprint density at radius 3 is 2.72 bits per heavy atom. The van der Waals surface area contributed by atoms with E-state index in [4.69, 9.17) is 0 Å². The van der Waals surface area contributed by atoms with Crippen LogP contribution in [0.2, 0.25) is 0 Å². The lowest BCUT2D eigenvalue weighted by atomic mass is 10.2. The van der Waals surface area contributed by atoms with Crippen LogP contribution in [0.15, 0.2) is 29.3 Å². The van der Waals surface area contributed by atoms with Gasteiger partial charge in [0.25, 0.3) is 0 Å². The maximum Gasteiger partial charge on any atom is 0.238 e. The van der Waals surface area contributed by atoms with E-state index in [0.717, 1.165) is 24.2 Å². The van der Waals surface area contributed by atoms with Crippen molar-refractivity contribution in [3.05, 3.63) is 29.8 Å². The molecule has 2 rings (SSSR count).